The van der Waals surface area contributed by atoms with Gasteiger partial charge in [0.25, 0.3) is 0 Å². The lowest BCUT2D eigenvalue weighted by atomic mass is 10.1. The molecule has 2 atom stereocenters. The molecular weight excluding hydrogens is 362 g/mol. The van der Waals surface area contributed by atoms with Gasteiger partial charge < -0.3 is 19.3 Å². The van der Waals surface area contributed by atoms with Gasteiger partial charge in [0.1, 0.15) is 6.10 Å². The van der Waals surface area contributed by atoms with Crippen LogP contribution in [0.3, 0.4) is 0 Å². The van der Waals surface area contributed by atoms with Crippen molar-refractivity contribution in [1.82, 2.24) is 15.0 Å². The summed E-state index contributed by atoms with van der Waals surface area (Å²) in [7, 11) is 1.61. The van der Waals surface area contributed by atoms with Crippen molar-refractivity contribution in [2.75, 3.05) is 43.1 Å². The van der Waals surface area contributed by atoms with Gasteiger partial charge in [-0.05, 0) is 42.2 Å². The monoisotopic (exact) mass is 389 g/mol. The molecule has 7 nitrogen and oxygen atoms in total. The molecule has 0 amide bonds. The van der Waals surface area contributed by atoms with Crippen molar-refractivity contribution in [1.29, 1.82) is 0 Å². The smallest absolute Gasteiger partial charge is 0.322 e. The molecule has 2 fully saturated rings. The van der Waals surface area contributed by atoms with E-state index in [1.165, 1.54) is 31.2 Å². The standard InChI is InChI=1S/C19H27N5O2S/c1-14-11-24(12-16(26-14)15-7-10-27-13-15)18-20-17(21-19(22-18)25-2)23-8-5-3-4-6-9-23/h7,10,13-14,16H,3-6,8-9,11-12H2,1-2H3. The molecule has 2 saturated heterocycles. The summed E-state index contributed by atoms with van der Waals surface area (Å²) in [6, 6.07) is 2.51. The van der Waals surface area contributed by atoms with E-state index in [0.717, 1.165) is 32.1 Å². The van der Waals surface area contributed by atoms with Crippen LogP contribution in [0.15, 0.2) is 16.8 Å². The number of ether oxygens (including phenoxy) is 2. The third-order valence-corrected chi connectivity index (χ3v) is 5.82. The number of morpholine rings is 1. The highest BCUT2D eigenvalue weighted by Crippen LogP contribution is 2.30. The normalized spacial score (nSPS) is 23.9. The number of hydrogen-bond acceptors (Lipinski definition) is 8. The summed E-state index contributed by atoms with van der Waals surface area (Å²) in [6.07, 6.45) is 5.04. The van der Waals surface area contributed by atoms with E-state index >= 15 is 0 Å². The number of rotatable bonds is 4. The van der Waals surface area contributed by atoms with E-state index < -0.39 is 0 Å². The summed E-state index contributed by atoms with van der Waals surface area (Å²) in [4.78, 5) is 18.3. The van der Waals surface area contributed by atoms with E-state index in [4.69, 9.17) is 14.5 Å². The van der Waals surface area contributed by atoms with Gasteiger partial charge in [-0.1, -0.05) is 12.8 Å². The van der Waals surface area contributed by atoms with Crippen molar-refractivity contribution in [2.24, 2.45) is 0 Å². The Hall–Kier alpha value is -1.93. The van der Waals surface area contributed by atoms with E-state index in [0.29, 0.717) is 12.0 Å². The quantitative estimate of drug-likeness (QED) is 0.795. The zero-order chi connectivity index (χ0) is 18.6. The summed E-state index contributed by atoms with van der Waals surface area (Å²) in [5.41, 5.74) is 1.21. The summed E-state index contributed by atoms with van der Waals surface area (Å²) in [5, 5.41) is 4.24. The van der Waals surface area contributed by atoms with Crippen molar-refractivity contribution in [3.8, 4) is 6.01 Å². The van der Waals surface area contributed by atoms with Crippen molar-refractivity contribution in [2.45, 2.75) is 44.8 Å². The van der Waals surface area contributed by atoms with Gasteiger partial charge in [0, 0.05) is 19.6 Å². The number of thiophene rings is 1. The second kappa shape index (κ2) is 8.39. The predicted molar refractivity (Wildman–Crippen MR) is 107 cm³/mol. The Labute approximate surface area is 164 Å². The topological polar surface area (TPSA) is 63.6 Å². The lowest BCUT2D eigenvalue weighted by Gasteiger charge is -2.37. The number of methoxy groups -OCH3 is 1. The minimum absolute atomic E-state index is 0.0318. The highest BCUT2D eigenvalue weighted by molar-refractivity contribution is 7.07. The zero-order valence-electron chi connectivity index (χ0n) is 16.0. The SMILES string of the molecule is COc1nc(N2CCCCCC2)nc(N2CC(C)OC(c3ccsc3)C2)n1. The number of hydrogen-bond donors (Lipinski definition) is 0. The van der Waals surface area contributed by atoms with E-state index in [1.54, 1.807) is 18.4 Å². The Kier molecular flexibility index (Phi) is 5.73. The van der Waals surface area contributed by atoms with Crippen LogP contribution in [0.2, 0.25) is 0 Å². The average molecular weight is 390 g/mol. The first-order valence-electron chi connectivity index (χ1n) is 9.70. The fraction of sp³-hybridized carbons (Fsp3) is 0.632. The Morgan fingerprint density at radius 1 is 1.04 bits per heavy atom. The summed E-state index contributed by atoms with van der Waals surface area (Å²) in [5.74, 6) is 1.40. The molecule has 0 spiro atoms. The Morgan fingerprint density at radius 2 is 1.78 bits per heavy atom. The van der Waals surface area contributed by atoms with Crippen LogP contribution in [-0.2, 0) is 4.74 Å². The molecular formula is C19H27N5O2S. The molecule has 0 bridgehead atoms. The zero-order valence-corrected chi connectivity index (χ0v) is 16.8. The van der Waals surface area contributed by atoms with Crippen molar-refractivity contribution in [3.05, 3.63) is 22.4 Å². The minimum Gasteiger partial charge on any atom is -0.467 e. The third kappa shape index (κ3) is 4.32. The molecule has 4 heterocycles. The maximum Gasteiger partial charge on any atom is 0.322 e. The molecule has 8 heteroatoms. The van der Waals surface area contributed by atoms with Crippen LogP contribution in [0, 0.1) is 0 Å². The fourth-order valence-corrected chi connectivity index (χ4v) is 4.44. The van der Waals surface area contributed by atoms with Gasteiger partial charge in [-0.3, -0.25) is 0 Å². The van der Waals surface area contributed by atoms with Crippen LogP contribution < -0.4 is 14.5 Å². The van der Waals surface area contributed by atoms with Gasteiger partial charge >= 0.3 is 6.01 Å². The lowest BCUT2D eigenvalue weighted by molar-refractivity contribution is -0.0176. The first-order valence-corrected chi connectivity index (χ1v) is 10.6. The first-order chi connectivity index (χ1) is 13.2. The maximum atomic E-state index is 6.15. The average Bonchev–Trinajstić information content (AvgIpc) is 3.09. The second-order valence-corrected chi connectivity index (χ2v) is 8.00. The highest BCUT2D eigenvalue weighted by Gasteiger charge is 2.29. The molecule has 0 aliphatic carbocycles. The fourth-order valence-electron chi connectivity index (χ4n) is 3.74. The van der Waals surface area contributed by atoms with Crippen molar-refractivity contribution < 1.29 is 9.47 Å². The van der Waals surface area contributed by atoms with Crippen LogP contribution in [0.5, 0.6) is 6.01 Å². The molecule has 2 aromatic heterocycles. The molecule has 146 valence electrons. The van der Waals surface area contributed by atoms with E-state index in [-0.39, 0.29) is 12.2 Å². The molecule has 27 heavy (non-hydrogen) atoms. The predicted octanol–water partition coefficient (Wildman–Crippen LogP) is 3.29. The summed E-state index contributed by atoms with van der Waals surface area (Å²) < 4.78 is 11.5. The number of aromatic nitrogens is 3. The van der Waals surface area contributed by atoms with E-state index in [2.05, 4.69) is 43.5 Å². The van der Waals surface area contributed by atoms with Crippen molar-refractivity contribution in [3.63, 3.8) is 0 Å². The Morgan fingerprint density at radius 3 is 2.44 bits per heavy atom. The molecule has 0 saturated carbocycles. The first kappa shape index (κ1) is 18.4. The summed E-state index contributed by atoms with van der Waals surface area (Å²) >= 11 is 1.69. The van der Waals surface area contributed by atoms with Crippen LogP contribution in [0.25, 0.3) is 0 Å². The van der Waals surface area contributed by atoms with Gasteiger partial charge in [0.2, 0.25) is 11.9 Å². The molecule has 2 aliphatic heterocycles. The molecule has 0 radical (unpaired) electrons. The highest BCUT2D eigenvalue weighted by atomic mass is 32.1. The second-order valence-electron chi connectivity index (χ2n) is 7.22. The Bertz CT molecular complexity index is 734. The van der Waals surface area contributed by atoms with Crippen LogP contribution in [0.1, 0.15) is 44.3 Å². The van der Waals surface area contributed by atoms with Gasteiger partial charge in [0.15, 0.2) is 0 Å². The van der Waals surface area contributed by atoms with Crippen molar-refractivity contribution >= 4 is 23.2 Å². The van der Waals surface area contributed by atoms with Gasteiger partial charge in [-0.2, -0.15) is 26.3 Å². The van der Waals surface area contributed by atoms with E-state index in [9.17, 15) is 0 Å². The summed E-state index contributed by atoms with van der Waals surface area (Å²) in [6.45, 7) is 5.56. The molecule has 0 N–H and O–H groups in total. The van der Waals surface area contributed by atoms with Crippen LogP contribution in [0.4, 0.5) is 11.9 Å². The van der Waals surface area contributed by atoms with Gasteiger partial charge in [-0.15, -0.1) is 0 Å². The number of nitrogens with zero attached hydrogens (tertiary/aromatic N) is 5. The third-order valence-electron chi connectivity index (χ3n) is 5.12. The maximum absolute atomic E-state index is 6.15. The van der Waals surface area contributed by atoms with Crippen LogP contribution >= 0.6 is 11.3 Å². The molecule has 2 aromatic rings. The Balaban J connectivity index is 1.60. The largest absolute Gasteiger partial charge is 0.467 e. The molecule has 2 unspecified atom stereocenters. The number of anilines is 2. The van der Waals surface area contributed by atoms with Gasteiger partial charge in [-0.25, -0.2) is 0 Å². The van der Waals surface area contributed by atoms with Crippen LogP contribution in [-0.4, -0.2) is 54.3 Å². The molecule has 4 rings (SSSR count). The minimum atomic E-state index is 0.0318. The van der Waals surface area contributed by atoms with Gasteiger partial charge in [0.05, 0.1) is 19.8 Å². The van der Waals surface area contributed by atoms with E-state index in [1.807, 2.05) is 0 Å². The molecule has 2 aliphatic rings. The lowest BCUT2D eigenvalue weighted by Crippen LogP contribution is -2.44. The molecule has 0 aromatic carbocycles.